The smallest absolute Gasteiger partial charge is 0.228 e. The van der Waals surface area contributed by atoms with Crippen LogP contribution < -0.4 is 10.6 Å². The molecule has 1 aromatic carbocycles. The summed E-state index contributed by atoms with van der Waals surface area (Å²) >= 11 is 0. The zero-order valence-electron chi connectivity index (χ0n) is 9.34. The number of amides is 1. The summed E-state index contributed by atoms with van der Waals surface area (Å²) in [5.41, 5.74) is 6.68. The Bertz CT molecular complexity index is 576. The summed E-state index contributed by atoms with van der Waals surface area (Å²) in [5, 5.41) is 2.09. The Kier molecular flexibility index (Phi) is 2.30. The first-order valence-corrected chi connectivity index (χ1v) is 5.64. The van der Waals surface area contributed by atoms with Gasteiger partial charge in [0.25, 0.3) is 0 Å². The SMILES string of the molecule is NC1CC(=O)N(c2cncc3ccccc23)C1. The second kappa shape index (κ2) is 3.82. The second-order valence-electron chi connectivity index (χ2n) is 4.35. The van der Waals surface area contributed by atoms with E-state index in [4.69, 9.17) is 5.73 Å². The lowest BCUT2D eigenvalue weighted by atomic mass is 10.1. The number of hydrogen-bond donors (Lipinski definition) is 1. The molecule has 0 saturated carbocycles. The standard InChI is InChI=1S/C13H13N3O/c14-10-5-13(17)16(8-10)12-7-15-6-9-3-1-2-4-11(9)12/h1-4,6-7,10H,5,8,14H2. The molecule has 1 aliphatic heterocycles. The number of pyridine rings is 1. The number of rotatable bonds is 1. The molecular formula is C13H13N3O. The van der Waals surface area contributed by atoms with E-state index in [9.17, 15) is 4.79 Å². The van der Waals surface area contributed by atoms with Crippen LogP contribution in [0.15, 0.2) is 36.7 Å². The molecule has 1 saturated heterocycles. The van der Waals surface area contributed by atoms with Crippen molar-refractivity contribution in [3.63, 3.8) is 0 Å². The first-order chi connectivity index (χ1) is 8.25. The predicted molar refractivity (Wildman–Crippen MR) is 66.7 cm³/mol. The molecule has 86 valence electrons. The van der Waals surface area contributed by atoms with Crippen LogP contribution in [0.5, 0.6) is 0 Å². The number of benzene rings is 1. The van der Waals surface area contributed by atoms with Gasteiger partial charge in [-0.2, -0.15) is 0 Å². The quantitative estimate of drug-likeness (QED) is 0.798. The molecule has 1 aliphatic rings. The summed E-state index contributed by atoms with van der Waals surface area (Å²) in [5.74, 6) is 0.0793. The zero-order valence-corrected chi connectivity index (χ0v) is 9.34. The van der Waals surface area contributed by atoms with Gasteiger partial charge in [-0.3, -0.25) is 9.78 Å². The van der Waals surface area contributed by atoms with Crippen LogP contribution in [-0.2, 0) is 4.79 Å². The Hall–Kier alpha value is -1.94. The van der Waals surface area contributed by atoms with E-state index in [1.807, 2.05) is 24.3 Å². The van der Waals surface area contributed by atoms with Gasteiger partial charge in [0.15, 0.2) is 0 Å². The highest BCUT2D eigenvalue weighted by Crippen LogP contribution is 2.28. The number of fused-ring (bicyclic) bond motifs is 1. The first kappa shape index (κ1) is 10.2. The molecule has 0 radical (unpaired) electrons. The van der Waals surface area contributed by atoms with Gasteiger partial charge in [-0.25, -0.2) is 0 Å². The average molecular weight is 227 g/mol. The third kappa shape index (κ3) is 1.66. The largest absolute Gasteiger partial charge is 0.326 e. The van der Waals surface area contributed by atoms with Crippen molar-refractivity contribution >= 4 is 22.4 Å². The molecule has 0 bridgehead atoms. The van der Waals surface area contributed by atoms with Crippen LogP contribution in [0.3, 0.4) is 0 Å². The summed E-state index contributed by atoms with van der Waals surface area (Å²) in [7, 11) is 0. The third-order valence-corrected chi connectivity index (χ3v) is 3.09. The van der Waals surface area contributed by atoms with Gasteiger partial charge in [0, 0.05) is 36.0 Å². The summed E-state index contributed by atoms with van der Waals surface area (Å²) in [6, 6.07) is 7.86. The molecule has 1 unspecified atom stereocenters. The van der Waals surface area contributed by atoms with Crippen LogP contribution in [0, 0.1) is 0 Å². The fourth-order valence-corrected chi connectivity index (χ4v) is 2.28. The Labute approximate surface area is 99.0 Å². The molecular weight excluding hydrogens is 214 g/mol. The van der Waals surface area contributed by atoms with Crippen molar-refractivity contribution in [3.8, 4) is 0 Å². The maximum Gasteiger partial charge on any atom is 0.228 e. The van der Waals surface area contributed by atoms with Gasteiger partial charge in [-0.05, 0) is 0 Å². The maximum absolute atomic E-state index is 11.8. The van der Waals surface area contributed by atoms with Crippen LogP contribution in [0.4, 0.5) is 5.69 Å². The van der Waals surface area contributed by atoms with Gasteiger partial charge in [-0.15, -0.1) is 0 Å². The Morgan fingerprint density at radius 2 is 2.12 bits per heavy atom. The Morgan fingerprint density at radius 3 is 2.88 bits per heavy atom. The number of nitrogens with two attached hydrogens (primary N) is 1. The van der Waals surface area contributed by atoms with Gasteiger partial charge in [0.1, 0.15) is 0 Å². The highest BCUT2D eigenvalue weighted by molar-refractivity contribution is 6.04. The molecule has 0 spiro atoms. The zero-order chi connectivity index (χ0) is 11.8. The number of hydrogen-bond acceptors (Lipinski definition) is 3. The van der Waals surface area contributed by atoms with E-state index >= 15 is 0 Å². The number of carbonyl (C=O) groups is 1. The minimum absolute atomic E-state index is 0.0681. The molecule has 2 N–H and O–H groups in total. The summed E-state index contributed by atoms with van der Waals surface area (Å²) in [4.78, 5) is 17.8. The lowest BCUT2D eigenvalue weighted by Gasteiger charge is -2.17. The van der Waals surface area contributed by atoms with E-state index in [0.717, 1.165) is 16.5 Å². The fourth-order valence-electron chi connectivity index (χ4n) is 2.28. The van der Waals surface area contributed by atoms with Crippen molar-refractivity contribution < 1.29 is 4.79 Å². The van der Waals surface area contributed by atoms with Crippen molar-refractivity contribution in [2.24, 2.45) is 5.73 Å². The van der Waals surface area contributed by atoms with E-state index in [2.05, 4.69) is 4.98 Å². The number of nitrogens with zero attached hydrogens (tertiary/aromatic N) is 2. The van der Waals surface area contributed by atoms with E-state index in [1.165, 1.54) is 0 Å². The van der Waals surface area contributed by atoms with Crippen molar-refractivity contribution in [2.45, 2.75) is 12.5 Å². The van der Waals surface area contributed by atoms with E-state index in [0.29, 0.717) is 13.0 Å². The van der Waals surface area contributed by atoms with Crippen molar-refractivity contribution in [1.82, 2.24) is 4.98 Å². The summed E-state index contributed by atoms with van der Waals surface area (Å²) in [6.07, 6.45) is 3.96. The topological polar surface area (TPSA) is 59.2 Å². The minimum atomic E-state index is -0.0681. The van der Waals surface area contributed by atoms with Crippen molar-refractivity contribution in [1.29, 1.82) is 0 Å². The molecule has 17 heavy (non-hydrogen) atoms. The highest BCUT2D eigenvalue weighted by Gasteiger charge is 2.29. The minimum Gasteiger partial charge on any atom is -0.326 e. The lowest BCUT2D eigenvalue weighted by Crippen LogP contribution is -2.28. The van der Waals surface area contributed by atoms with Gasteiger partial charge >= 0.3 is 0 Å². The van der Waals surface area contributed by atoms with Crippen LogP contribution in [0.25, 0.3) is 10.8 Å². The van der Waals surface area contributed by atoms with Crippen LogP contribution in [0.2, 0.25) is 0 Å². The van der Waals surface area contributed by atoms with Crippen LogP contribution in [-0.4, -0.2) is 23.5 Å². The summed E-state index contributed by atoms with van der Waals surface area (Å²) in [6.45, 7) is 0.578. The molecule has 2 aromatic rings. The van der Waals surface area contributed by atoms with Crippen LogP contribution in [0.1, 0.15) is 6.42 Å². The molecule has 1 atom stereocenters. The third-order valence-electron chi connectivity index (χ3n) is 3.09. The Morgan fingerprint density at radius 1 is 1.29 bits per heavy atom. The van der Waals surface area contributed by atoms with E-state index < -0.39 is 0 Å². The molecule has 2 heterocycles. The monoisotopic (exact) mass is 227 g/mol. The van der Waals surface area contributed by atoms with E-state index in [1.54, 1.807) is 17.3 Å². The van der Waals surface area contributed by atoms with Crippen molar-refractivity contribution in [2.75, 3.05) is 11.4 Å². The van der Waals surface area contributed by atoms with Crippen LogP contribution >= 0.6 is 0 Å². The molecule has 3 rings (SSSR count). The maximum atomic E-state index is 11.8. The molecule has 0 aliphatic carbocycles. The molecule has 1 aromatic heterocycles. The van der Waals surface area contributed by atoms with Crippen molar-refractivity contribution in [3.05, 3.63) is 36.7 Å². The van der Waals surface area contributed by atoms with Gasteiger partial charge in [-0.1, -0.05) is 24.3 Å². The summed E-state index contributed by atoms with van der Waals surface area (Å²) < 4.78 is 0. The fraction of sp³-hybridized carbons (Fsp3) is 0.231. The highest BCUT2D eigenvalue weighted by atomic mass is 16.2. The number of carbonyl (C=O) groups excluding carboxylic acids is 1. The predicted octanol–water partition coefficient (Wildman–Crippen LogP) is 1.30. The normalized spacial score (nSPS) is 20.2. The molecule has 1 amide bonds. The lowest BCUT2D eigenvalue weighted by molar-refractivity contribution is -0.117. The second-order valence-corrected chi connectivity index (χ2v) is 4.35. The molecule has 4 heteroatoms. The van der Waals surface area contributed by atoms with Gasteiger partial charge in [0.2, 0.25) is 5.91 Å². The molecule has 1 fully saturated rings. The first-order valence-electron chi connectivity index (χ1n) is 5.64. The van der Waals surface area contributed by atoms with Gasteiger partial charge < -0.3 is 10.6 Å². The number of aromatic nitrogens is 1. The van der Waals surface area contributed by atoms with E-state index in [-0.39, 0.29) is 11.9 Å². The number of anilines is 1. The average Bonchev–Trinajstić information content (AvgIpc) is 2.68. The Balaban J connectivity index is 2.14. The van der Waals surface area contributed by atoms with Gasteiger partial charge in [0.05, 0.1) is 11.9 Å². The molecule has 4 nitrogen and oxygen atoms in total.